The minimum absolute atomic E-state index is 0.0662. The summed E-state index contributed by atoms with van der Waals surface area (Å²) in [5.74, 6) is -0.832. The van der Waals surface area contributed by atoms with Gasteiger partial charge in [-0.25, -0.2) is 4.79 Å². The molecule has 1 aliphatic heterocycles. The number of hydrogen-bond acceptors (Lipinski definition) is 7. The van der Waals surface area contributed by atoms with E-state index in [0.717, 1.165) is 17.4 Å². The Morgan fingerprint density at radius 2 is 2.24 bits per heavy atom. The number of pyridine rings is 1. The Kier molecular flexibility index (Phi) is 6.10. The van der Waals surface area contributed by atoms with Crippen LogP contribution in [-0.4, -0.2) is 41.7 Å². The molecule has 1 atom stereocenters. The van der Waals surface area contributed by atoms with E-state index >= 15 is 0 Å². The van der Waals surface area contributed by atoms with Crippen molar-refractivity contribution < 1.29 is 19.4 Å². The zero-order chi connectivity index (χ0) is 21.0. The van der Waals surface area contributed by atoms with Crippen molar-refractivity contribution in [1.82, 2.24) is 4.57 Å². The molecule has 1 aliphatic rings. The van der Waals surface area contributed by atoms with Gasteiger partial charge in [0.2, 0.25) is 5.88 Å². The number of ether oxygens (including phenoxy) is 2. The summed E-state index contributed by atoms with van der Waals surface area (Å²) in [6.07, 6.45) is 2.81. The first kappa shape index (κ1) is 20.3. The highest BCUT2D eigenvalue weighted by Crippen LogP contribution is 2.25. The largest absolute Gasteiger partial charge is 0.494 e. The molecule has 2 heterocycles. The maximum Gasteiger partial charge on any atom is 0.340 e. The van der Waals surface area contributed by atoms with Crippen LogP contribution in [-0.2, 0) is 16.0 Å². The smallest absolute Gasteiger partial charge is 0.340 e. The third-order valence-corrected chi connectivity index (χ3v) is 4.90. The standard InChI is InChI=1S/C21H21N3O5/c1-13-16(10-22)19(25)24(12-14-6-5-9-29-14)20(26)17(13)11-23-18-8-4-3-7-15(18)21(27)28-2/h3-4,7-8,11,14,26H,5-6,9,12H2,1-2H3/t14-/m1/s1. The van der Waals surface area contributed by atoms with Crippen LogP contribution in [0.15, 0.2) is 34.1 Å². The molecule has 1 N–H and O–H groups in total. The summed E-state index contributed by atoms with van der Waals surface area (Å²) in [5, 5.41) is 20.2. The van der Waals surface area contributed by atoms with Crippen LogP contribution in [0, 0.1) is 18.3 Å². The number of methoxy groups -OCH3 is 1. The van der Waals surface area contributed by atoms with Gasteiger partial charge in [0, 0.05) is 12.8 Å². The average Bonchev–Trinajstić information content (AvgIpc) is 3.24. The van der Waals surface area contributed by atoms with Gasteiger partial charge in [-0.05, 0) is 37.5 Å². The maximum atomic E-state index is 12.7. The van der Waals surface area contributed by atoms with Gasteiger partial charge in [-0.1, -0.05) is 12.1 Å². The Morgan fingerprint density at radius 1 is 1.48 bits per heavy atom. The molecule has 8 nitrogen and oxygen atoms in total. The van der Waals surface area contributed by atoms with Gasteiger partial charge in [-0.15, -0.1) is 0 Å². The fraction of sp³-hybridized carbons (Fsp3) is 0.333. The fourth-order valence-electron chi connectivity index (χ4n) is 3.29. The molecular formula is C21H21N3O5. The summed E-state index contributed by atoms with van der Waals surface area (Å²) in [5.41, 5.74) is 0.524. The van der Waals surface area contributed by atoms with Crippen molar-refractivity contribution in [2.75, 3.05) is 13.7 Å². The van der Waals surface area contributed by atoms with E-state index in [1.54, 1.807) is 31.2 Å². The number of rotatable bonds is 5. The molecule has 0 bridgehead atoms. The van der Waals surface area contributed by atoms with Gasteiger partial charge in [0.15, 0.2) is 0 Å². The van der Waals surface area contributed by atoms with Crippen molar-refractivity contribution in [2.45, 2.75) is 32.4 Å². The second kappa shape index (κ2) is 8.71. The molecular weight excluding hydrogens is 374 g/mol. The van der Waals surface area contributed by atoms with Gasteiger partial charge in [0.25, 0.3) is 5.56 Å². The van der Waals surface area contributed by atoms with Crippen LogP contribution in [0.3, 0.4) is 0 Å². The third kappa shape index (κ3) is 4.05. The average molecular weight is 395 g/mol. The molecule has 29 heavy (non-hydrogen) atoms. The van der Waals surface area contributed by atoms with Crippen LogP contribution in [0.5, 0.6) is 5.88 Å². The summed E-state index contributed by atoms with van der Waals surface area (Å²) in [6, 6.07) is 8.51. The van der Waals surface area contributed by atoms with Crippen molar-refractivity contribution in [3.63, 3.8) is 0 Å². The predicted molar refractivity (Wildman–Crippen MR) is 106 cm³/mol. The number of carbonyl (C=O) groups is 1. The van der Waals surface area contributed by atoms with E-state index in [4.69, 9.17) is 9.47 Å². The van der Waals surface area contributed by atoms with Gasteiger partial charge in [-0.2, -0.15) is 5.26 Å². The Morgan fingerprint density at radius 3 is 2.90 bits per heavy atom. The molecule has 0 aliphatic carbocycles. The number of carbonyl (C=O) groups excluding carboxylic acids is 1. The molecule has 0 saturated carbocycles. The Labute approximate surface area is 167 Å². The van der Waals surface area contributed by atoms with E-state index in [1.165, 1.54) is 13.3 Å². The number of aromatic hydroxyl groups is 1. The first-order valence-electron chi connectivity index (χ1n) is 9.17. The van der Waals surface area contributed by atoms with Gasteiger partial charge >= 0.3 is 5.97 Å². The topological polar surface area (TPSA) is 114 Å². The van der Waals surface area contributed by atoms with Crippen molar-refractivity contribution in [1.29, 1.82) is 5.26 Å². The monoisotopic (exact) mass is 395 g/mol. The normalized spacial score (nSPS) is 16.1. The third-order valence-electron chi connectivity index (χ3n) is 4.90. The first-order valence-corrected chi connectivity index (χ1v) is 9.17. The molecule has 1 fully saturated rings. The lowest BCUT2D eigenvalue weighted by molar-refractivity contribution is 0.0601. The molecule has 8 heteroatoms. The van der Waals surface area contributed by atoms with Gasteiger partial charge < -0.3 is 14.6 Å². The number of nitriles is 1. The van der Waals surface area contributed by atoms with E-state index < -0.39 is 11.5 Å². The molecule has 150 valence electrons. The zero-order valence-electron chi connectivity index (χ0n) is 16.2. The molecule has 1 aromatic carbocycles. The lowest BCUT2D eigenvalue weighted by atomic mass is 10.1. The highest BCUT2D eigenvalue weighted by Gasteiger charge is 2.23. The number of aromatic nitrogens is 1. The summed E-state index contributed by atoms with van der Waals surface area (Å²) < 4.78 is 11.5. The van der Waals surface area contributed by atoms with Crippen LogP contribution < -0.4 is 5.56 Å². The number of benzene rings is 1. The lowest BCUT2D eigenvalue weighted by Gasteiger charge is -2.17. The van der Waals surface area contributed by atoms with Crippen LogP contribution in [0.25, 0.3) is 0 Å². The van der Waals surface area contributed by atoms with Crippen LogP contribution >= 0.6 is 0 Å². The molecule has 0 radical (unpaired) electrons. The highest BCUT2D eigenvalue weighted by atomic mass is 16.5. The SMILES string of the molecule is COC(=O)c1ccccc1N=Cc1c(C)c(C#N)c(=O)n(C[C@H]2CCCO2)c1O. The van der Waals surface area contributed by atoms with Crippen LogP contribution in [0.1, 0.15) is 39.9 Å². The zero-order valence-corrected chi connectivity index (χ0v) is 16.2. The van der Waals surface area contributed by atoms with E-state index in [1.807, 2.05) is 6.07 Å². The van der Waals surface area contributed by atoms with Gasteiger partial charge in [0.05, 0.1) is 36.6 Å². The number of hydrogen-bond donors (Lipinski definition) is 1. The quantitative estimate of drug-likeness (QED) is 0.614. The minimum atomic E-state index is -0.565. The molecule has 0 amide bonds. The van der Waals surface area contributed by atoms with Crippen LogP contribution in [0.4, 0.5) is 5.69 Å². The van der Waals surface area contributed by atoms with E-state index in [-0.39, 0.29) is 35.2 Å². The summed E-state index contributed by atoms with van der Waals surface area (Å²) in [6.45, 7) is 2.33. The number of para-hydroxylation sites is 1. The van der Waals surface area contributed by atoms with Crippen molar-refractivity contribution in [3.8, 4) is 11.9 Å². The molecule has 2 aromatic rings. The van der Waals surface area contributed by atoms with E-state index in [9.17, 15) is 20.0 Å². The number of aliphatic imine (C=N–C) groups is 1. The Hall–Kier alpha value is -3.44. The molecule has 1 saturated heterocycles. The fourth-order valence-corrected chi connectivity index (χ4v) is 3.29. The molecule has 3 rings (SSSR count). The summed E-state index contributed by atoms with van der Waals surface area (Å²) in [7, 11) is 1.28. The second-order valence-corrected chi connectivity index (χ2v) is 6.67. The number of nitrogens with zero attached hydrogens (tertiary/aromatic N) is 3. The van der Waals surface area contributed by atoms with Crippen LogP contribution in [0.2, 0.25) is 0 Å². The predicted octanol–water partition coefficient (Wildman–Crippen LogP) is 2.45. The van der Waals surface area contributed by atoms with Crippen molar-refractivity contribution in [2.24, 2.45) is 4.99 Å². The molecule has 0 spiro atoms. The van der Waals surface area contributed by atoms with Crippen molar-refractivity contribution >= 4 is 17.9 Å². The summed E-state index contributed by atoms with van der Waals surface area (Å²) >= 11 is 0. The van der Waals surface area contributed by atoms with E-state index in [0.29, 0.717) is 17.9 Å². The van der Waals surface area contributed by atoms with Crippen molar-refractivity contribution in [3.05, 3.63) is 56.9 Å². The number of esters is 1. The molecule has 0 unspecified atom stereocenters. The Balaban J connectivity index is 2.08. The second-order valence-electron chi connectivity index (χ2n) is 6.67. The van der Waals surface area contributed by atoms with E-state index in [2.05, 4.69) is 4.99 Å². The Bertz CT molecular complexity index is 1060. The van der Waals surface area contributed by atoms with Gasteiger partial charge in [0.1, 0.15) is 11.6 Å². The van der Waals surface area contributed by atoms with Gasteiger partial charge in [-0.3, -0.25) is 14.4 Å². The molecule has 1 aromatic heterocycles. The maximum absolute atomic E-state index is 12.7. The lowest BCUT2D eigenvalue weighted by Crippen LogP contribution is -2.29. The minimum Gasteiger partial charge on any atom is -0.494 e. The first-order chi connectivity index (χ1) is 14.0. The summed E-state index contributed by atoms with van der Waals surface area (Å²) in [4.78, 5) is 28.9. The highest BCUT2D eigenvalue weighted by molar-refractivity contribution is 5.96.